The molecule has 0 atom stereocenters. The van der Waals surface area contributed by atoms with Crippen molar-refractivity contribution >= 4 is 17.7 Å². The smallest absolute Gasteiger partial charge is 0.232 e. The molecule has 1 aromatic rings. The molecule has 18 heavy (non-hydrogen) atoms. The Kier molecular flexibility index (Phi) is 4.66. The summed E-state index contributed by atoms with van der Waals surface area (Å²) >= 11 is 1.60. The van der Waals surface area contributed by atoms with Crippen molar-refractivity contribution in [3.63, 3.8) is 0 Å². The third-order valence-electron chi connectivity index (χ3n) is 2.93. The Morgan fingerprint density at radius 1 is 1.44 bits per heavy atom. The van der Waals surface area contributed by atoms with Gasteiger partial charge in [0.2, 0.25) is 5.91 Å². The van der Waals surface area contributed by atoms with E-state index in [9.17, 15) is 4.79 Å². The molecule has 1 N–H and O–H groups in total. The molecular formula is C14H20N2OS. The van der Waals surface area contributed by atoms with Gasteiger partial charge in [-0.3, -0.25) is 4.79 Å². The first-order chi connectivity index (χ1) is 8.65. The van der Waals surface area contributed by atoms with Crippen molar-refractivity contribution in [1.29, 1.82) is 0 Å². The Morgan fingerprint density at radius 2 is 2.22 bits per heavy atom. The highest BCUT2D eigenvalue weighted by Gasteiger charge is 2.19. The van der Waals surface area contributed by atoms with Crippen molar-refractivity contribution < 1.29 is 4.79 Å². The molecule has 0 bridgehead atoms. The van der Waals surface area contributed by atoms with Gasteiger partial charge in [-0.25, -0.2) is 0 Å². The normalized spacial score (nSPS) is 14.6. The fourth-order valence-corrected chi connectivity index (χ4v) is 2.53. The summed E-state index contributed by atoms with van der Waals surface area (Å²) < 4.78 is 0. The average Bonchev–Trinajstić information content (AvgIpc) is 3.18. The molecule has 0 saturated heterocycles. The Morgan fingerprint density at radius 3 is 2.89 bits per heavy atom. The van der Waals surface area contributed by atoms with Crippen LogP contribution in [0.15, 0.2) is 29.2 Å². The highest BCUT2D eigenvalue weighted by molar-refractivity contribution is 8.00. The summed E-state index contributed by atoms with van der Waals surface area (Å²) in [5, 5.41) is 3.50. The van der Waals surface area contributed by atoms with Gasteiger partial charge in [-0.15, -0.1) is 11.8 Å². The van der Waals surface area contributed by atoms with Crippen molar-refractivity contribution in [2.75, 3.05) is 19.8 Å². The number of nitrogens with one attached hydrogen (secondary N) is 1. The van der Waals surface area contributed by atoms with Crippen LogP contribution in [0.25, 0.3) is 0 Å². The second kappa shape index (κ2) is 6.25. The van der Waals surface area contributed by atoms with Gasteiger partial charge in [0.25, 0.3) is 0 Å². The van der Waals surface area contributed by atoms with Gasteiger partial charge in [-0.2, -0.15) is 0 Å². The van der Waals surface area contributed by atoms with E-state index in [2.05, 4.69) is 29.6 Å². The molecular weight excluding hydrogens is 244 g/mol. The van der Waals surface area contributed by atoms with E-state index in [1.165, 1.54) is 23.3 Å². The monoisotopic (exact) mass is 264 g/mol. The molecule has 1 aliphatic carbocycles. The van der Waals surface area contributed by atoms with Crippen molar-refractivity contribution in [2.45, 2.75) is 30.3 Å². The lowest BCUT2D eigenvalue weighted by atomic mass is 10.2. The SMILES string of the molecule is CN(C)C(=O)CSc1cccc(CNC2CC2)c1. The zero-order chi connectivity index (χ0) is 13.0. The largest absolute Gasteiger partial charge is 0.348 e. The molecule has 0 aromatic heterocycles. The van der Waals surface area contributed by atoms with Crippen LogP contribution in [0.3, 0.4) is 0 Å². The minimum Gasteiger partial charge on any atom is -0.348 e. The van der Waals surface area contributed by atoms with Crippen molar-refractivity contribution in [3.8, 4) is 0 Å². The second-order valence-electron chi connectivity index (χ2n) is 4.88. The predicted octanol–water partition coefficient (Wildman–Crippen LogP) is 2.12. The molecule has 0 unspecified atom stereocenters. The van der Waals surface area contributed by atoms with Gasteiger partial charge in [-0.1, -0.05) is 12.1 Å². The summed E-state index contributed by atoms with van der Waals surface area (Å²) in [6.45, 7) is 0.931. The van der Waals surface area contributed by atoms with Gasteiger partial charge in [-0.05, 0) is 30.5 Å². The highest BCUT2D eigenvalue weighted by atomic mass is 32.2. The second-order valence-corrected chi connectivity index (χ2v) is 5.93. The van der Waals surface area contributed by atoms with Crippen LogP contribution in [0.1, 0.15) is 18.4 Å². The number of benzene rings is 1. The van der Waals surface area contributed by atoms with Crippen molar-refractivity contribution in [1.82, 2.24) is 10.2 Å². The van der Waals surface area contributed by atoms with E-state index in [4.69, 9.17) is 0 Å². The minimum absolute atomic E-state index is 0.154. The first-order valence-corrected chi connectivity index (χ1v) is 7.29. The molecule has 0 radical (unpaired) electrons. The Balaban J connectivity index is 1.83. The minimum atomic E-state index is 0.154. The zero-order valence-electron chi connectivity index (χ0n) is 11.0. The number of hydrogen-bond acceptors (Lipinski definition) is 3. The molecule has 0 aliphatic heterocycles. The summed E-state index contributed by atoms with van der Waals surface area (Å²) in [7, 11) is 3.58. The third-order valence-corrected chi connectivity index (χ3v) is 3.91. The van der Waals surface area contributed by atoms with Crippen LogP contribution < -0.4 is 5.32 Å². The fourth-order valence-electron chi connectivity index (χ4n) is 1.57. The van der Waals surface area contributed by atoms with Gasteiger partial charge in [0.15, 0.2) is 0 Å². The summed E-state index contributed by atoms with van der Waals surface area (Å²) in [6, 6.07) is 9.16. The lowest BCUT2D eigenvalue weighted by Gasteiger charge is -2.10. The maximum atomic E-state index is 11.5. The molecule has 1 amide bonds. The molecule has 1 saturated carbocycles. The number of carbonyl (C=O) groups is 1. The van der Waals surface area contributed by atoms with E-state index >= 15 is 0 Å². The van der Waals surface area contributed by atoms with Crippen LogP contribution >= 0.6 is 11.8 Å². The molecule has 98 valence electrons. The van der Waals surface area contributed by atoms with Gasteiger partial charge in [0.05, 0.1) is 5.75 Å². The Hall–Kier alpha value is -1.00. The quantitative estimate of drug-likeness (QED) is 0.799. The molecule has 1 aliphatic rings. The maximum Gasteiger partial charge on any atom is 0.232 e. The number of amides is 1. The Labute approximate surface area is 113 Å². The predicted molar refractivity (Wildman–Crippen MR) is 75.7 cm³/mol. The topological polar surface area (TPSA) is 32.3 Å². The van der Waals surface area contributed by atoms with Crippen molar-refractivity contribution in [3.05, 3.63) is 29.8 Å². The third kappa shape index (κ3) is 4.35. The maximum absolute atomic E-state index is 11.5. The summed E-state index contributed by atoms with van der Waals surface area (Å²) in [5.41, 5.74) is 1.30. The molecule has 4 heteroatoms. The van der Waals surface area contributed by atoms with E-state index in [-0.39, 0.29) is 5.91 Å². The standard InChI is InChI=1S/C14H20N2OS/c1-16(2)14(17)10-18-13-5-3-4-11(8-13)9-15-12-6-7-12/h3-5,8,12,15H,6-7,9-10H2,1-2H3. The highest BCUT2D eigenvalue weighted by Crippen LogP contribution is 2.22. The average molecular weight is 264 g/mol. The molecule has 1 aromatic carbocycles. The molecule has 3 nitrogen and oxygen atoms in total. The van der Waals surface area contributed by atoms with Gasteiger partial charge >= 0.3 is 0 Å². The van der Waals surface area contributed by atoms with Gasteiger partial charge in [0.1, 0.15) is 0 Å². The van der Waals surface area contributed by atoms with E-state index < -0.39 is 0 Å². The summed E-state index contributed by atoms with van der Waals surface area (Å²) in [6.07, 6.45) is 2.62. The summed E-state index contributed by atoms with van der Waals surface area (Å²) in [5.74, 6) is 0.661. The fraction of sp³-hybridized carbons (Fsp3) is 0.500. The van der Waals surface area contributed by atoms with E-state index in [1.54, 1.807) is 30.8 Å². The lowest BCUT2D eigenvalue weighted by Crippen LogP contribution is -2.23. The Bertz CT molecular complexity index is 416. The number of carbonyl (C=O) groups excluding carboxylic acids is 1. The van der Waals surface area contributed by atoms with Crippen LogP contribution in [0.4, 0.5) is 0 Å². The lowest BCUT2D eigenvalue weighted by molar-refractivity contribution is -0.125. The van der Waals surface area contributed by atoms with E-state index in [0.717, 1.165) is 12.6 Å². The van der Waals surface area contributed by atoms with Crippen LogP contribution in [0.2, 0.25) is 0 Å². The van der Waals surface area contributed by atoms with E-state index in [0.29, 0.717) is 5.75 Å². The molecule has 0 heterocycles. The summed E-state index contributed by atoms with van der Waals surface area (Å²) in [4.78, 5) is 14.3. The van der Waals surface area contributed by atoms with Gasteiger partial charge in [0, 0.05) is 31.6 Å². The van der Waals surface area contributed by atoms with Gasteiger partial charge < -0.3 is 10.2 Å². The number of rotatable bonds is 6. The molecule has 2 rings (SSSR count). The molecule has 0 spiro atoms. The van der Waals surface area contributed by atoms with Crippen LogP contribution in [0, 0.1) is 0 Å². The van der Waals surface area contributed by atoms with Crippen LogP contribution in [-0.4, -0.2) is 36.7 Å². The first-order valence-electron chi connectivity index (χ1n) is 6.30. The van der Waals surface area contributed by atoms with Crippen LogP contribution in [-0.2, 0) is 11.3 Å². The van der Waals surface area contributed by atoms with E-state index in [1.807, 2.05) is 0 Å². The van der Waals surface area contributed by atoms with Crippen LogP contribution in [0.5, 0.6) is 0 Å². The molecule has 1 fully saturated rings. The van der Waals surface area contributed by atoms with Crippen molar-refractivity contribution in [2.24, 2.45) is 0 Å². The zero-order valence-corrected chi connectivity index (χ0v) is 11.8. The number of hydrogen-bond donors (Lipinski definition) is 1. The first kappa shape index (κ1) is 13.4. The number of nitrogens with zero attached hydrogens (tertiary/aromatic N) is 1. The number of thioether (sulfide) groups is 1.